The van der Waals surface area contributed by atoms with Gasteiger partial charge >= 0.3 is 0 Å². The van der Waals surface area contributed by atoms with E-state index in [2.05, 4.69) is 31.9 Å². The second-order valence-electron chi connectivity index (χ2n) is 20.0. The van der Waals surface area contributed by atoms with Crippen molar-refractivity contribution < 1.29 is 51.5 Å². The van der Waals surface area contributed by atoms with E-state index in [1.54, 1.807) is 11.8 Å². The minimum absolute atomic E-state index is 0.0443. The lowest BCUT2D eigenvalue weighted by atomic mass is 9.67. The smallest absolute Gasteiger partial charge is 0.249 e. The summed E-state index contributed by atoms with van der Waals surface area (Å²) in [4.78, 5) is 103. The van der Waals surface area contributed by atoms with Crippen molar-refractivity contribution in [3.8, 4) is 0 Å². The van der Waals surface area contributed by atoms with Crippen molar-refractivity contribution >= 4 is 69.0 Å². The predicted octanol–water partition coefficient (Wildman–Crippen LogP) is -0.0543. The van der Waals surface area contributed by atoms with Crippen molar-refractivity contribution in [3.05, 3.63) is 0 Å². The Morgan fingerprint density at radius 3 is 2.31 bits per heavy atom. The van der Waals surface area contributed by atoms with E-state index in [0.717, 1.165) is 55.4 Å². The number of imide groups is 2. The van der Waals surface area contributed by atoms with Gasteiger partial charge in [-0.3, -0.25) is 53.9 Å². The van der Waals surface area contributed by atoms with Gasteiger partial charge in [0.05, 0.1) is 36.7 Å². The molecule has 0 radical (unpaired) electrons. The molecule has 0 bridgehead atoms. The fraction of sp³-hybridized carbons (Fsp3) is 0.818. The number of fused-ring (bicyclic) bond motifs is 1. The van der Waals surface area contributed by atoms with Gasteiger partial charge in [0.15, 0.2) is 0 Å². The molecule has 6 N–H and O–H groups in total. The summed E-state index contributed by atoms with van der Waals surface area (Å²) in [5, 5.41) is 17.6. The van der Waals surface area contributed by atoms with E-state index in [1.807, 2.05) is 0 Å². The zero-order valence-electron chi connectivity index (χ0n) is 37.3. The topological polar surface area (TPSA) is 259 Å². The van der Waals surface area contributed by atoms with Crippen LogP contribution in [-0.2, 0) is 53.1 Å². The highest BCUT2D eigenvalue weighted by atomic mass is 32.2. The molecule has 4 saturated carbocycles. The number of ether oxygens (including phenoxy) is 1. The van der Waals surface area contributed by atoms with Crippen LogP contribution in [0.2, 0.25) is 0 Å². The average Bonchev–Trinajstić information content (AvgIpc) is 3.54. The molecule has 0 aromatic heterocycles. The number of hydrogen-bond donors (Lipinski definition) is 6. The second-order valence-corrected chi connectivity index (χ2v) is 23.1. The van der Waals surface area contributed by atoms with Crippen molar-refractivity contribution in [2.45, 2.75) is 120 Å². The maximum absolute atomic E-state index is 13.2. The molecule has 4 aliphatic heterocycles. The zero-order chi connectivity index (χ0) is 46.0. The SMILES string of the molecule is CS(=O)(=O)N1CCC(C(=O)NCC(=O)NC2NC(C3CCCC(C4CCCC(CNC(=O)C5CC5CNC(=O)COC5CCC6C(=O)N(C7CCC(=O)NC7=O)C(=O)C6C5)C4)C3)CS2)C1. The molecule has 65 heavy (non-hydrogen) atoms. The van der Waals surface area contributed by atoms with Crippen LogP contribution in [0.15, 0.2) is 0 Å². The normalized spacial score (nSPS) is 36.4. The highest BCUT2D eigenvalue weighted by Crippen LogP contribution is 2.45. The molecule has 8 aliphatic rings. The molecule has 4 aliphatic carbocycles. The Balaban J connectivity index is 0.685. The number of carbonyl (C=O) groups is 8. The monoisotopic (exact) mass is 946 g/mol. The summed E-state index contributed by atoms with van der Waals surface area (Å²) in [5.74, 6) is -1.19. The molecule has 21 heteroatoms. The van der Waals surface area contributed by atoms with Gasteiger partial charge in [-0.05, 0) is 93.8 Å². The van der Waals surface area contributed by atoms with E-state index in [1.165, 1.54) is 23.6 Å². The summed E-state index contributed by atoms with van der Waals surface area (Å²) in [5.41, 5.74) is -0.226. The quantitative estimate of drug-likeness (QED) is 0.111. The van der Waals surface area contributed by atoms with Gasteiger partial charge in [0.2, 0.25) is 57.3 Å². The molecule has 8 fully saturated rings. The molecule has 8 rings (SSSR count). The maximum Gasteiger partial charge on any atom is 0.249 e. The molecule has 4 saturated heterocycles. The van der Waals surface area contributed by atoms with Crippen LogP contribution in [0.4, 0.5) is 0 Å². The maximum atomic E-state index is 13.2. The van der Waals surface area contributed by atoms with Gasteiger partial charge in [-0.25, -0.2) is 12.7 Å². The molecule has 13 unspecified atom stereocenters. The summed E-state index contributed by atoms with van der Waals surface area (Å²) in [6.45, 7) is 1.16. The second kappa shape index (κ2) is 20.7. The third-order valence-electron chi connectivity index (χ3n) is 15.6. The first-order valence-electron chi connectivity index (χ1n) is 23.9. The van der Waals surface area contributed by atoms with Crippen LogP contribution in [0.5, 0.6) is 0 Å². The number of hydrogen-bond acceptors (Lipinski definition) is 13. The van der Waals surface area contributed by atoms with Gasteiger partial charge in [-0.15, -0.1) is 11.8 Å². The molecular formula is C44H66N8O11S2. The van der Waals surface area contributed by atoms with Gasteiger partial charge in [0.25, 0.3) is 0 Å². The standard InChI is InChI=1S/C44H66N8O11S2/c1-65(61,62)51-13-12-28(21-51)39(56)47-20-37(54)50-44-48-34(23-64-44)27-7-3-6-26(15-27)25-5-2-4-24(14-25)18-46-40(57)32-16-29(32)19-45-38(55)22-63-30-8-9-31-33(17-30)43(60)52(42(31)59)35-10-11-36(53)49-41(35)58/h24-35,44,48H,2-23H2,1H3,(H,45,55)(H,46,57)(H,47,56)(H,50,54)(H,49,53,58). The molecular weight excluding hydrogens is 881 g/mol. The molecule has 8 amide bonds. The third kappa shape index (κ3) is 11.7. The first-order valence-corrected chi connectivity index (χ1v) is 26.8. The van der Waals surface area contributed by atoms with Crippen LogP contribution in [0.25, 0.3) is 0 Å². The Hall–Kier alpha value is -3.66. The van der Waals surface area contributed by atoms with Crippen LogP contribution in [0.3, 0.4) is 0 Å². The van der Waals surface area contributed by atoms with Crippen LogP contribution < -0.4 is 31.9 Å². The van der Waals surface area contributed by atoms with Crippen LogP contribution in [0, 0.1) is 53.3 Å². The van der Waals surface area contributed by atoms with Gasteiger partial charge in [0, 0.05) is 50.3 Å². The number of amides is 8. The van der Waals surface area contributed by atoms with E-state index in [-0.39, 0.29) is 91.9 Å². The number of likely N-dealkylation sites (tertiary alicyclic amines) is 1. The number of sulfonamides is 1. The number of nitrogens with zero attached hydrogens (tertiary/aromatic N) is 2. The van der Waals surface area contributed by atoms with E-state index < -0.39 is 51.5 Å². The first kappa shape index (κ1) is 47.8. The van der Waals surface area contributed by atoms with Crippen molar-refractivity contribution in [2.75, 3.05) is 51.3 Å². The number of piperidine rings is 1. The fourth-order valence-electron chi connectivity index (χ4n) is 11.8. The van der Waals surface area contributed by atoms with Crippen molar-refractivity contribution in [1.29, 1.82) is 0 Å². The number of carbonyl (C=O) groups excluding carboxylic acids is 8. The lowest BCUT2D eigenvalue weighted by molar-refractivity contribution is -0.151. The zero-order valence-corrected chi connectivity index (χ0v) is 38.9. The first-order chi connectivity index (χ1) is 31.1. The van der Waals surface area contributed by atoms with E-state index >= 15 is 0 Å². The van der Waals surface area contributed by atoms with Crippen molar-refractivity contribution in [3.63, 3.8) is 0 Å². The van der Waals surface area contributed by atoms with Gasteiger partial charge in [0.1, 0.15) is 18.1 Å². The molecule has 0 spiro atoms. The van der Waals surface area contributed by atoms with Crippen molar-refractivity contribution in [1.82, 2.24) is 41.1 Å². The number of rotatable bonds is 16. The van der Waals surface area contributed by atoms with Crippen molar-refractivity contribution in [2.24, 2.45) is 53.3 Å². The Bertz CT molecular complexity index is 1990. The van der Waals surface area contributed by atoms with Gasteiger partial charge in [-0.2, -0.15) is 0 Å². The minimum Gasteiger partial charge on any atom is -0.368 e. The average molecular weight is 947 g/mol. The van der Waals surface area contributed by atoms with Gasteiger partial charge in [-0.1, -0.05) is 25.7 Å². The molecule has 0 aromatic carbocycles. The summed E-state index contributed by atoms with van der Waals surface area (Å²) >= 11 is 1.68. The molecule has 4 heterocycles. The number of thioether (sulfide) groups is 1. The summed E-state index contributed by atoms with van der Waals surface area (Å²) in [6, 6.07) is -0.677. The Labute approximate surface area is 384 Å². The van der Waals surface area contributed by atoms with Crippen LogP contribution in [0.1, 0.15) is 96.3 Å². The lowest BCUT2D eigenvalue weighted by Crippen LogP contribution is -2.54. The Morgan fingerprint density at radius 1 is 0.785 bits per heavy atom. The van der Waals surface area contributed by atoms with Crippen LogP contribution >= 0.6 is 11.8 Å². The van der Waals surface area contributed by atoms with E-state index in [0.29, 0.717) is 68.6 Å². The lowest BCUT2D eigenvalue weighted by Gasteiger charge is -2.40. The summed E-state index contributed by atoms with van der Waals surface area (Å²) in [7, 11) is -3.35. The molecule has 360 valence electrons. The third-order valence-corrected chi connectivity index (χ3v) is 18.0. The summed E-state index contributed by atoms with van der Waals surface area (Å²) in [6.07, 6.45) is 12.6. The van der Waals surface area contributed by atoms with Crippen LogP contribution in [-0.4, -0.2) is 140 Å². The van der Waals surface area contributed by atoms with E-state index in [4.69, 9.17) is 4.74 Å². The minimum atomic E-state index is -3.35. The Kier molecular flexibility index (Phi) is 15.2. The number of nitrogens with one attached hydrogen (secondary N) is 6. The predicted molar refractivity (Wildman–Crippen MR) is 236 cm³/mol. The Morgan fingerprint density at radius 2 is 1.54 bits per heavy atom. The summed E-state index contributed by atoms with van der Waals surface area (Å²) < 4.78 is 30.8. The molecule has 19 nitrogen and oxygen atoms in total. The molecule has 0 aromatic rings. The fourth-order valence-corrected chi connectivity index (χ4v) is 14.0. The van der Waals surface area contributed by atoms with E-state index in [9.17, 15) is 46.8 Å². The van der Waals surface area contributed by atoms with Gasteiger partial charge < -0.3 is 26.0 Å². The molecule has 13 atom stereocenters. The highest BCUT2D eigenvalue weighted by molar-refractivity contribution is 8.00. The largest absolute Gasteiger partial charge is 0.368 e. The highest BCUT2D eigenvalue weighted by Gasteiger charge is 2.54.